The highest BCUT2D eigenvalue weighted by atomic mass is 19.1. The van der Waals surface area contributed by atoms with E-state index >= 15 is 0 Å². The van der Waals surface area contributed by atoms with E-state index in [2.05, 4.69) is 18.9 Å². The lowest BCUT2D eigenvalue weighted by atomic mass is 10.1. The molecular formula is C14H18FN3. The summed E-state index contributed by atoms with van der Waals surface area (Å²) >= 11 is 0. The van der Waals surface area contributed by atoms with Gasteiger partial charge in [0.05, 0.1) is 11.4 Å². The van der Waals surface area contributed by atoms with Gasteiger partial charge in [-0.2, -0.15) is 5.10 Å². The van der Waals surface area contributed by atoms with Gasteiger partial charge in [-0.3, -0.25) is 4.68 Å². The van der Waals surface area contributed by atoms with Crippen molar-refractivity contribution in [3.05, 3.63) is 41.8 Å². The fourth-order valence-electron chi connectivity index (χ4n) is 1.97. The van der Waals surface area contributed by atoms with Crippen LogP contribution in [0.4, 0.5) is 4.39 Å². The predicted molar refractivity (Wildman–Crippen MR) is 70.8 cm³/mol. The highest BCUT2D eigenvalue weighted by Gasteiger charge is 2.12. The van der Waals surface area contributed by atoms with Crippen molar-refractivity contribution in [1.29, 1.82) is 0 Å². The van der Waals surface area contributed by atoms with Crippen LogP contribution in [0, 0.1) is 5.82 Å². The molecule has 1 heterocycles. The van der Waals surface area contributed by atoms with Crippen molar-refractivity contribution in [2.75, 3.05) is 6.54 Å². The summed E-state index contributed by atoms with van der Waals surface area (Å²) in [5.41, 5.74) is 8.28. The Hall–Kier alpha value is -1.68. The molecule has 0 saturated heterocycles. The molecule has 4 heteroatoms. The number of rotatable bonds is 4. The summed E-state index contributed by atoms with van der Waals surface area (Å²) in [4.78, 5) is 0. The third kappa shape index (κ3) is 2.59. The van der Waals surface area contributed by atoms with Crippen LogP contribution in [0.3, 0.4) is 0 Å². The molecule has 0 bridgehead atoms. The van der Waals surface area contributed by atoms with Crippen molar-refractivity contribution < 1.29 is 4.39 Å². The van der Waals surface area contributed by atoms with Crippen molar-refractivity contribution in [2.24, 2.45) is 5.73 Å². The van der Waals surface area contributed by atoms with Gasteiger partial charge in [0, 0.05) is 18.0 Å². The molecule has 0 atom stereocenters. The largest absolute Gasteiger partial charge is 0.330 e. The van der Waals surface area contributed by atoms with Crippen LogP contribution in [0.1, 0.15) is 25.6 Å². The maximum absolute atomic E-state index is 13.3. The first-order valence-electron chi connectivity index (χ1n) is 6.16. The minimum absolute atomic E-state index is 0.231. The van der Waals surface area contributed by atoms with Crippen molar-refractivity contribution >= 4 is 0 Å². The van der Waals surface area contributed by atoms with Gasteiger partial charge in [0.25, 0.3) is 0 Å². The number of benzene rings is 1. The summed E-state index contributed by atoms with van der Waals surface area (Å²) in [6, 6.07) is 8.80. The smallest absolute Gasteiger partial charge is 0.123 e. The number of nitrogens with zero attached hydrogens (tertiary/aromatic N) is 2. The minimum Gasteiger partial charge on any atom is -0.330 e. The molecular weight excluding hydrogens is 229 g/mol. The molecule has 0 amide bonds. The van der Waals surface area contributed by atoms with E-state index in [0.29, 0.717) is 6.54 Å². The van der Waals surface area contributed by atoms with Gasteiger partial charge in [0.2, 0.25) is 0 Å². The third-order valence-corrected chi connectivity index (χ3v) is 2.80. The van der Waals surface area contributed by atoms with Crippen LogP contribution in [0.15, 0.2) is 30.3 Å². The standard InChI is InChI=1S/C14H18FN3/c1-10(2)18-14(9-13(17-18)6-7-16)11-4-3-5-12(15)8-11/h3-5,8-10H,6-7,16H2,1-2H3. The van der Waals surface area contributed by atoms with Gasteiger partial charge in [-0.1, -0.05) is 12.1 Å². The summed E-state index contributed by atoms with van der Waals surface area (Å²) in [6.07, 6.45) is 0.738. The second-order valence-electron chi connectivity index (χ2n) is 4.61. The van der Waals surface area contributed by atoms with Gasteiger partial charge in [-0.25, -0.2) is 4.39 Å². The van der Waals surface area contributed by atoms with Crippen molar-refractivity contribution in [3.8, 4) is 11.3 Å². The molecule has 1 aromatic heterocycles. The summed E-state index contributed by atoms with van der Waals surface area (Å²) in [5.74, 6) is -0.232. The first-order valence-corrected chi connectivity index (χ1v) is 6.16. The van der Waals surface area contributed by atoms with Crippen LogP contribution >= 0.6 is 0 Å². The molecule has 2 aromatic rings. The molecule has 0 aliphatic heterocycles. The maximum atomic E-state index is 13.3. The molecule has 0 radical (unpaired) electrons. The fraction of sp³-hybridized carbons (Fsp3) is 0.357. The molecule has 0 aliphatic rings. The maximum Gasteiger partial charge on any atom is 0.123 e. The van der Waals surface area contributed by atoms with Gasteiger partial charge in [-0.15, -0.1) is 0 Å². The lowest BCUT2D eigenvalue weighted by molar-refractivity contribution is 0.532. The Kier molecular flexibility index (Phi) is 3.77. The molecule has 1 aromatic carbocycles. The van der Waals surface area contributed by atoms with Gasteiger partial charge in [-0.05, 0) is 38.6 Å². The number of nitrogens with two attached hydrogens (primary N) is 1. The number of aromatic nitrogens is 2. The zero-order chi connectivity index (χ0) is 13.1. The Balaban J connectivity index is 2.48. The topological polar surface area (TPSA) is 43.8 Å². The highest BCUT2D eigenvalue weighted by Crippen LogP contribution is 2.24. The lowest BCUT2D eigenvalue weighted by Crippen LogP contribution is -2.07. The Morgan fingerprint density at radius 3 is 2.72 bits per heavy atom. The SMILES string of the molecule is CC(C)n1nc(CCN)cc1-c1cccc(F)c1. The summed E-state index contributed by atoms with van der Waals surface area (Å²) in [6.45, 7) is 4.68. The van der Waals surface area contributed by atoms with E-state index in [1.54, 1.807) is 6.07 Å². The summed E-state index contributed by atoms with van der Waals surface area (Å²) in [7, 11) is 0. The predicted octanol–water partition coefficient (Wildman–Crippen LogP) is 2.77. The Bertz CT molecular complexity index is 532. The minimum atomic E-state index is -0.232. The van der Waals surface area contributed by atoms with E-state index in [1.165, 1.54) is 12.1 Å². The fourth-order valence-corrected chi connectivity index (χ4v) is 1.97. The number of hydrogen-bond acceptors (Lipinski definition) is 2. The Morgan fingerprint density at radius 1 is 1.33 bits per heavy atom. The van der Waals surface area contributed by atoms with Crippen LogP contribution < -0.4 is 5.73 Å². The van der Waals surface area contributed by atoms with Gasteiger partial charge in [0.1, 0.15) is 5.82 Å². The van der Waals surface area contributed by atoms with Crippen LogP contribution in [0.5, 0.6) is 0 Å². The molecule has 0 unspecified atom stereocenters. The number of hydrogen-bond donors (Lipinski definition) is 1. The second-order valence-corrected chi connectivity index (χ2v) is 4.61. The van der Waals surface area contributed by atoms with E-state index in [9.17, 15) is 4.39 Å². The second kappa shape index (κ2) is 5.31. The normalized spacial score (nSPS) is 11.2. The van der Waals surface area contributed by atoms with Crippen LogP contribution in [0.2, 0.25) is 0 Å². The van der Waals surface area contributed by atoms with Crippen LogP contribution in [-0.2, 0) is 6.42 Å². The lowest BCUT2D eigenvalue weighted by Gasteiger charge is -2.10. The molecule has 0 aliphatic carbocycles. The van der Waals surface area contributed by atoms with Gasteiger partial charge < -0.3 is 5.73 Å². The first kappa shape index (κ1) is 12.8. The van der Waals surface area contributed by atoms with E-state index in [-0.39, 0.29) is 11.9 Å². The molecule has 0 spiro atoms. The average Bonchev–Trinajstić information content (AvgIpc) is 2.74. The Labute approximate surface area is 106 Å². The molecule has 0 fully saturated rings. The van der Waals surface area contributed by atoms with Gasteiger partial charge >= 0.3 is 0 Å². The van der Waals surface area contributed by atoms with E-state index in [4.69, 9.17) is 5.73 Å². The monoisotopic (exact) mass is 247 g/mol. The number of halogens is 1. The Morgan fingerprint density at radius 2 is 2.11 bits per heavy atom. The zero-order valence-corrected chi connectivity index (χ0v) is 10.7. The molecule has 2 N–H and O–H groups in total. The molecule has 2 rings (SSSR count). The summed E-state index contributed by atoms with van der Waals surface area (Å²) < 4.78 is 15.2. The van der Waals surface area contributed by atoms with E-state index in [1.807, 2.05) is 16.8 Å². The molecule has 96 valence electrons. The van der Waals surface area contributed by atoms with Crippen LogP contribution in [0.25, 0.3) is 11.3 Å². The molecule has 0 saturated carbocycles. The van der Waals surface area contributed by atoms with E-state index < -0.39 is 0 Å². The summed E-state index contributed by atoms with van der Waals surface area (Å²) in [5, 5.41) is 4.52. The first-order chi connectivity index (χ1) is 8.61. The highest BCUT2D eigenvalue weighted by molar-refractivity contribution is 5.60. The quantitative estimate of drug-likeness (QED) is 0.902. The average molecular weight is 247 g/mol. The van der Waals surface area contributed by atoms with Gasteiger partial charge in [0.15, 0.2) is 0 Å². The van der Waals surface area contributed by atoms with Crippen molar-refractivity contribution in [1.82, 2.24) is 9.78 Å². The van der Waals surface area contributed by atoms with Crippen molar-refractivity contribution in [3.63, 3.8) is 0 Å². The zero-order valence-electron chi connectivity index (χ0n) is 10.7. The molecule has 3 nitrogen and oxygen atoms in total. The van der Waals surface area contributed by atoms with E-state index in [0.717, 1.165) is 23.4 Å². The molecule has 18 heavy (non-hydrogen) atoms. The van der Waals surface area contributed by atoms with Crippen molar-refractivity contribution in [2.45, 2.75) is 26.3 Å². The van der Waals surface area contributed by atoms with Crippen LogP contribution in [-0.4, -0.2) is 16.3 Å². The third-order valence-electron chi connectivity index (χ3n) is 2.80.